The summed E-state index contributed by atoms with van der Waals surface area (Å²) in [5.74, 6) is 0.0000390. The molecule has 1 aromatic carbocycles. The Kier molecular flexibility index (Phi) is 5.39. The molecule has 3 rings (SSSR count). The number of anilines is 1. The molecule has 1 aliphatic carbocycles. The molecule has 2 fully saturated rings. The van der Waals surface area contributed by atoms with E-state index in [1.165, 1.54) is 13.1 Å². The summed E-state index contributed by atoms with van der Waals surface area (Å²) in [6.07, 6.45) is 4.94. The minimum atomic E-state index is -0.495. The quantitative estimate of drug-likeness (QED) is 0.618. The van der Waals surface area contributed by atoms with Gasteiger partial charge in [-0.05, 0) is 31.4 Å². The molecular formula is C18H24N4O4. The van der Waals surface area contributed by atoms with Crippen LogP contribution < -0.4 is 10.6 Å². The lowest BCUT2D eigenvalue weighted by Gasteiger charge is -2.21. The molecule has 1 aromatic rings. The van der Waals surface area contributed by atoms with Crippen LogP contribution in [-0.4, -0.2) is 47.8 Å². The molecule has 2 amide bonds. The van der Waals surface area contributed by atoms with Gasteiger partial charge < -0.3 is 15.5 Å². The number of hydrogen-bond donors (Lipinski definition) is 2. The summed E-state index contributed by atoms with van der Waals surface area (Å²) in [6, 6.07) is 4.37. The maximum absolute atomic E-state index is 12.5. The second kappa shape index (κ2) is 7.72. The van der Waals surface area contributed by atoms with E-state index in [1.54, 1.807) is 12.1 Å². The van der Waals surface area contributed by atoms with Gasteiger partial charge in [0.15, 0.2) is 0 Å². The first-order valence-electron chi connectivity index (χ1n) is 9.05. The normalized spacial score (nSPS) is 20.2. The zero-order valence-electron chi connectivity index (χ0n) is 14.9. The number of nitro benzene ring substituents is 1. The van der Waals surface area contributed by atoms with E-state index in [1.807, 2.05) is 4.90 Å². The van der Waals surface area contributed by atoms with Crippen molar-refractivity contribution in [2.45, 2.75) is 38.1 Å². The number of carbonyl (C=O) groups is 2. The van der Waals surface area contributed by atoms with Crippen molar-refractivity contribution < 1.29 is 14.5 Å². The highest BCUT2D eigenvalue weighted by Gasteiger charge is 2.33. The van der Waals surface area contributed by atoms with Crippen molar-refractivity contribution in [1.82, 2.24) is 10.2 Å². The van der Waals surface area contributed by atoms with Crippen LogP contribution in [0.25, 0.3) is 0 Å². The molecule has 1 saturated heterocycles. The number of carbonyl (C=O) groups excluding carboxylic acids is 2. The number of likely N-dealkylation sites (tertiary alicyclic amines) is 1. The average Bonchev–Trinajstić information content (AvgIpc) is 3.32. The number of nitro groups is 1. The van der Waals surface area contributed by atoms with Crippen LogP contribution in [-0.2, 0) is 4.79 Å². The smallest absolute Gasteiger partial charge is 0.293 e. The van der Waals surface area contributed by atoms with E-state index < -0.39 is 4.92 Å². The van der Waals surface area contributed by atoms with Gasteiger partial charge in [-0.3, -0.25) is 19.7 Å². The molecular weight excluding hydrogens is 336 g/mol. The van der Waals surface area contributed by atoms with E-state index in [-0.39, 0.29) is 35.0 Å². The van der Waals surface area contributed by atoms with Crippen molar-refractivity contribution in [3.63, 3.8) is 0 Å². The topological polar surface area (TPSA) is 105 Å². The van der Waals surface area contributed by atoms with Gasteiger partial charge in [0, 0.05) is 43.7 Å². The molecule has 140 valence electrons. The first-order chi connectivity index (χ1) is 12.5. The summed E-state index contributed by atoms with van der Waals surface area (Å²) < 4.78 is 0. The Morgan fingerprint density at radius 2 is 1.96 bits per heavy atom. The number of rotatable bonds is 5. The highest BCUT2D eigenvalue weighted by atomic mass is 16.6. The molecule has 8 heteroatoms. The summed E-state index contributed by atoms with van der Waals surface area (Å²) in [7, 11) is 1.48. The van der Waals surface area contributed by atoms with Gasteiger partial charge in [-0.15, -0.1) is 0 Å². The SMILES string of the molecule is CNC(=O)c1ccc(NC2CCN(C(=O)C3CCCC3)C2)c([N+](=O)[O-])c1. The van der Waals surface area contributed by atoms with Gasteiger partial charge in [0.1, 0.15) is 5.69 Å². The van der Waals surface area contributed by atoms with Crippen molar-refractivity contribution in [2.24, 2.45) is 5.92 Å². The average molecular weight is 360 g/mol. The van der Waals surface area contributed by atoms with E-state index in [2.05, 4.69) is 10.6 Å². The lowest BCUT2D eigenvalue weighted by molar-refractivity contribution is -0.384. The minimum absolute atomic E-state index is 0.0232. The van der Waals surface area contributed by atoms with Crippen molar-refractivity contribution in [1.29, 1.82) is 0 Å². The van der Waals surface area contributed by atoms with Crippen LogP contribution in [0.4, 0.5) is 11.4 Å². The monoisotopic (exact) mass is 360 g/mol. The summed E-state index contributed by atoms with van der Waals surface area (Å²) in [4.78, 5) is 37.0. The molecule has 0 aromatic heterocycles. The second-order valence-corrected chi connectivity index (χ2v) is 6.96. The molecule has 8 nitrogen and oxygen atoms in total. The standard InChI is InChI=1S/C18H24N4O4/c1-19-17(23)13-6-7-15(16(10-13)22(25)26)20-14-8-9-21(11-14)18(24)12-4-2-3-5-12/h6-7,10,12,14,20H,2-5,8-9,11H2,1H3,(H,19,23). The summed E-state index contributed by atoms with van der Waals surface area (Å²) in [6.45, 7) is 1.24. The number of hydrogen-bond acceptors (Lipinski definition) is 5. The Morgan fingerprint density at radius 3 is 2.62 bits per heavy atom. The van der Waals surface area contributed by atoms with Gasteiger partial charge in [-0.1, -0.05) is 12.8 Å². The molecule has 1 aliphatic heterocycles. The van der Waals surface area contributed by atoms with Crippen LogP contribution >= 0.6 is 0 Å². The Bertz CT molecular complexity index is 715. The van der Waals surface area contributed by atoms with Crippen LogP contribution in [0.2, 0.25) is 0 Å². The van der Waals surface area contributed by atoms with Crippen LogP contribution in [0.3, 0.4) is 0 Å². The molecule has 0 radical (unpaired) electrons. The van der Waals surface area contributed by atoms with Gasteiger partial charge in [0.2, 0.25) is 5.91 Å². The third-order valence-electron chi connectivity index (χ3n) is 5.25. The number of amides is 2. The van der Waals surface area contributed by atoms with E-state index in [9.17, 15) is 19.7 Å². The highest BCUT2D eigenvalue weighted by Crippen LogP contribution is 2.30. The predicted octanol–water partition coefficient (Wildman–Crippen LogP) is 2.16. The number of benzene rings is 1. The lowest BCUT2D eigenvalue weighted by Crippen LogP contribution is -2.35. The van der Waals surface area contributed by atoms with E-state index >= 15 is 0 Å². The number of nitrogens with zero attached hydrogens (tertiary/aromatic N) is 2. The van der Waals surface area contributed by atoms with Crippen molar-refractivity contribution in [3.8, 4) is 0 Å². The molecule has 1 atom stereocenters. The fourth-order valence-electron chi connectivity index (χ4n) is 3.82. The van der Waals surface area contributed by atoms with Crippen LogP contribution in [0.5, 0.6) is 0 Å². The third kappa shape index (κ3) is 3.79. The first-order valence-corrected chi connectivity index (χ1v) is 9.05. The van der Waals surface area contributed by atoms with Crippen LogP contribution in [0.1, 0.15) is 42.5 Å². The molecule has 26 heavy (non-hydrogen) atoms. The molecule has 1 saturated carbocycles. The molecule has 2 N–H and O–H groups in total. The molecule has 0 spiro atoms. The number of nitrogens with one attached hydrogen (secondary N) is 2. The van der Waals surface area contributed by atoms with Crippen LogP contribution in [0.15, 0.2) is 18.2 Å². The van der Waals surface area contributed by atoms with Gasteiger partial charge in [0.05, 0.1) is 4.92 Å². The van der Waals surface area contributed by atoms with Crippen molar-refractivity contribution in [3.05, 3.63) is 33.9 Å². The Labute approximate surface area is 152 Å². The predicted molar refractivity (Wildman–Crippen MR) is 97.1 cm³/mol. The zero-order chi connectivity index (χ0) is 18.7. The minimum Gasteiger partial charge on any atom is -0.375 e. The Morgan fingerprint density at radius 1 is 1.23 bits per heavy atom. The zero-order valence-corrected chi connectivity index (χ0v) is 14.9. The van der Waals surface area contributed by atoms with Crippen molar-refractivity contribution >= 4 is 23.2 Å². The third-order valence-corrected chi connectivity index (χ3v) is 5.25. The second-order valence-electron chi connectivity index (χ2n) is 6.96. The fraction of sp³-hybridized carbons (Fsp3) is 0.556. The summed E-state index contributed by atoms with van der Waals surface area (Å²) in [5.41, 5.74) is 0.490. The maximum Gasteiger partial charge on any atom is 0.293 e. The molecule has 1 unspecified atom stereocenters. The molecule has 2 aliphatic rings. The fourth-order valence-corrected chi connectivity index (χ4v) is 3.82. The van der Waals surface area contributed by atoms with E-state index in [4.69, 9.17) is 0 Å². The van der Waals surface area contributed by atoms with Crippen LogP contribution in [0, 0.1) is 16.0 Å². The summed E-state index contributed by atoms with van der Waals surface area (Å²) in [5, 5.41) is 17.0. The summed E-state index contributed by atoms with van der Waals surface area (Å²) >= 11 is 0. The Hall–Kier alpha value is -2.64. The molecule has 1 heterocycles. The largest absolute Gasteiger partial charge is 0.375 e. The first kappa shape index (κ1) is 18.2. The maximum atomic E-state index is 12.5. The Balaban J connectivity index is 1.68. The van der Waals surface area contributed by atoms with Gasteiger partial charge in [0.25, 0.3) is 11.6 Å². The van der Waals surface area contributed by atoms with E-state index in [0.717, 1.165) is 32.1 Å². The lowest BCUT2D eigenvalue weighted by atomic mass is 10.1. The van der Waals surface area contributed by atoms with Gasteiger partial charge in [-0.25, -0.2) is 0 Å². The van der Waals surface area contributed by atoms with Gasteiger partial charge >= 0.3 is 0 Å². The molecule has 0 bridgehead atoms. The van der Waals surface area contributed by atoms with Crippen molar-refractivity contribution in [2.75, 3.05) is 25.5 Å². The van der Waals surface area contributed by atoms with E-state index in [0.29, 0.717) is 18.8 Å². The van der Waals surface area contributed by atoms with Gasteiger partial charge in [-0.2, -0.15) is 0 Å². The highest BCUT2D eigenvalue weighted by molar-refractivity contribution is 5.95.